The van der Waals surface area contributed by atoms with Gasteiger partial charge in [-0.1, -0.05) is 11.6 Å². The van der Waals surface area contributed by atoms with E-state index < -0.39 is 0 Å². The van der Waals surface area contributed by atoms with Gasteiger partial charge in [0.25, 0.3) is 0 Å². The highest BCUT2D eigenvalue weighted by Gasteiger charge is 2.53. The Labute approximate surface area is 60.7 Å². The molecule has 0 aromatic carbocycles. The van der Waals surface area contributed by atoms with Crippen LogP contribution in [0.3, 0.4) is 0 Å². The molecule has 2 nitrogen and oxygen atoms in total. The lowest BCUT2D eigenvalue weighted by Gasteiger charge is -2.37. The third-order valence-corrected chi connectivity index (χ3v) is 3.31. The predicted molar refractivity (Wildman–Crippen MR) is 39.7 cm³/mol. The highest BCUT2D eigenvalue weighted by molar-refractivity contribution is 5.38. The van der Waals surface area contributed by atoms with Gasteiger partial charge in [-0.15, -0.1) is 0 Å². The molecule has 0 amide bonds. The Morgan fingerprint density at radius 3 is 3.10 bits per heavy atom. The van der Waals surface area contributed by atoms with Crippen molar-refractivity contribution in [2.75, 3.05) is 26.2 Å². The highest BCUT2D eigenvalue weighted by atomic mass is 15.0. The van der Waals surface area contributed by atoms with E-state index in [0.29, 0.717) is 5.41 Å². The van der Waals surface area contributed by atoms with Crippen LogP contribution in [0.25, 0.3) is 0 Å². The maximum atomic E-state index is 3.45. The summed E-state index contributed by atoms with van der Waals surface area (Å²) >= 11 is 0. The van der Waals surface area contributed by atoms with E-state index in [2.05, 4.69) is 16.7 Å². The van der Waals surface area contributed by atoms with Gasteiger partial charge in [-0.25, -0.2) is 0 Å². The van der Waals surface area contributed by atoms with Crippen LogP contribution >= 0.6 is 0 Å². The van der Waals surface area contributed by atoms with Gasteiger partial charge in [-0.3, -0.25) is 0 Å². The van der Waals surface area contributed by atoms with E-state index in [1.165, 1.54) is 19.6 Å². The van der Waals surface area contributed by atoms with Crippen molar-refractivity contribution in [3.63, 3.8) is 0 Å². The van der Waals surface area contributed by atoms with E-state index in [1.54, 1.807) is 5.57 Å². The maximum Gasteiger partial charge on any atom is 0.0249 e. The second-order valence-corrected chi connectivity index (χ2v) is 3.69. The van der Waals surface area contributed by atoms with Gasteiger partial charge in [-0.05, 0) is 0 Å². The van der Waals surface area contributed by atoms with Crippen molar-refractivity contribution in [1.82, 2.24) is 10.6 Å². The third kappa shape index (κ3) is 0.386. The molecule has 0 saturated carbocycles. The van der Waals surface area contributed by atoms with Crippen molar-refractivity contribution in [2.24, 2.45) is 11.3 Å². The summed E-state index contributed by atoms with van der Waals surface area (Å²) in [7, 11) is 0. The Morgan fingerprint density at radius 1 is 1.40 bits per heavy atom. The zero-order valence-corrected chi connectivity index (χ0v) is 5.98. The van der Waals surface area contributed by atoms with Crippen molar-refractivity contribution in [3.8, 4) is 0 Å². The van der Waals surface area contributed by atoms with E-state index >= 15 is 0 Å². The van der Waals surface area contributed by atoms with Crippen molar-refractivity contribution in [2.45, 2.75) is 0 Å². The topological polar surface area (TPSA) is 24.1 Å². The highest BCUT2D eigenvalue weighted by Crippen LogP contribution is 2.50. The molecule has 0 radical (unpaired) electrons. The fourth-order valence-electron chi connectivity index (χ4n) is 2.62. The Kier molecular flexibility index (Phi) is 0.778. The minimum atomic E-state index is 0.583. The monoisotopic (exact) mass is 136 g/mol. The van der Waals surface area contributed by atoms with Gasteiger partial charge >= 0.3 is 0 Å². The van der Waals surface area contributed by atoms with Crippen molar-refractivity contribution >= 4 is 0 Å². The first-order valence-electron chi connectivity index (χ1n) is 4.04. The number of hydrogen-bond acceptors (Lipinski definition) is 2. The summed E-state index contributed by atoms with van der Waals surface area (Å²) in [4.78, 5) is 0. The zero-order chi connectivity index (χ0) is 6.60. The molecule has 3 aliphatic rings. The van der Waals surface area contributed by atoms with Crippen LogP contribution in [0.5, 0.6) is 0 Å². The van der Waals surface area contributed by atoms with Gasteiger partial charge in [0.2, 0.25) is 0 Å². The lowest BCUT2D eigenvalue weighted by atomic mass is 9.65. The van der Waals surface area contributed by atoms with E-state index in [9.17, 15) is 0 Å². The SMILES string of the molecule is C1=C2CNCC23CNCC13. The molecule has 2 heteroatoms. The summed E-state index contributed by atoms with van der Waals surface area (Å²) in [5.41, 5.74) is 2.25. The molecule has 2 N–H and O–H groups in total. The Hall–Kier alpha value is -0.340. The van der Waals surface area contributed by atoms with E-state index in [0.717, 1.165) is 12.5 Å². The molecule has 0 aromatic rings. The predicted octanol–water partition coefficient (Wildman–Crippen LogP) is -0.265. The van der Waals surface area contributed by atoms with Crippen LogP contribution in [-0.2, 0) is 0 Å². The van der Waals surface area contributed by atoms with Gasteiger partial charge in [0, 0.05) is 37.5 Å². The first kappa shape index (κ1) is 5.33. The smallest absolute Gasteiger partial charge is 0.0249 e. The molecule has 1 spiro atoms. The average molecular weight is 136 g/mol. The average Bonchev–Trinajstić information content (AvgIpc) is 2.41. The van der Waals surface area contributed by atoms with E-state index in [1.807, 2.05) is 0 Å². The van der Waals surface area contributed by atoms with Crippen LogP contribution in [0.2, 0.25) is 0 Å². The third-order valence-electron chi connectivity index (χ3n) is 3.31. The molecule has 0 aromatic heterocycles. The standard InChI is InChI=1S/C8H12N2/c1-6-2-9-4-8(6)5-10-3-7(1)8/h1,6,9-10H,2-5H2. The van der Waals surface area contributed by atoms with Crippen LogP contribution in [0, 0.1) is 11.3 Å². The second-order valence-electron chi connectivity index (χ2n) is 3.69. The van der Waals surface area contributed by atoms with Gasteiger partial charge in [0.15, 0.2) is 0 Å². The van der Waals surface area contributed by atoms with Crippen molar-refractivity contribution in [1.29, 1.82) is 0 Å². The summed E-state index contributed by atoms with van der Waals surface area (Å²) < 4.78 is 0. The van der Waals surface area contributed by atoms with Gasteiger partial charge in [0.1, 0.15) is 0 Å². The number of rotatable bonds is 0. The summed E-state index contributed by atoms with van der Waals surface area (Å²) in [5.74, 6) is 0.859. The molecule has 0 bridgehead atoms. The van der Waals surface area contributed by atoms with E-state index in [-0.39, 0.29) is 0 Å². The minimum Gasteiger partial charge on any atom is -0.315 e. The second kappa shape index (κ2) is 1.46. The van der Waals surface area contributed by atoms with Crippen molar-refractivity contribution < 1.29 is 0 Å². The largest absolute Gasteiger partial charge is 0.315 e. The summed E-state index contributed by atoms with van der Waals surface area (Å²) in [6.07, 6.45) is 2.44. The molecule has 1 aliphatic carbocycles. The number of nitrogens with one attached hydrogen (secondary N) is 2. The molecule has 2 fully saturated rings. The summed E-state index contributed by atoms with van der Waals surface area (Å²) in [6.45, 7) is 4.80. The fraction of sp³-hybridized carbons (Fsp3) is 0.750. The lowest BCUT2D eigenvalue weighted by molar-refractivity contribution is 0.317. The van der Waals surface area contributed by atoms with Crippen LogP contribution < -0.4 is 10.6 Å². The molecular weight excluding hydrogens is 124 g/mol. The quantitative estimate of drug-likeness (QED) is 0.448. The van der Waals surface area contributed by atoms with Crippen LogP contribution in [0.1, 0.15) is 0 Å². The van der Waals surface area contributed by atoms with E-state index in [4.69, 9.17) is 0 Å². The van der Waals surface area contributed by atoms with Gasteiger partial charge in [0.05, 0.1) is 0 Å². The Balaban J connectivity index is 2.06. The molecular formula is C8H12N2. The minimum absolute atomic E-state index is 0.583. The Bertz CT molecular complexity index is 205. The number of hydrogen-bond donors (Lipinski definition) is 2. The van der Waals surface area contributed by atoms with Crippen molar-refractivity contribution in [3.05, 3.63) is 11.6 Å². The first-order chi connectivity index (χ1) is 4.92. The van der Waals surface area contributed by atoms with Gasteiger partial charge in [-0.2, -0.15) is 0 Å². The molecule has 2 heterocycles. The molecule has 2 unspecified atom stereocenters. The molecule has 54 valence electrons. The molecule has 2 saturated heterocycles. The zero-order valence-electron chi connectivity index (χ0n) is 5.98. The summed E-state index contributed by atoms with van der Waals surface area (Å²) in [5, 5.41) is 6.89. The van der Waals surface area contributed by atoms with Gasteiger partial charge < -0.3 is 10.6 Å². The Morgan fingerprint density at radius 2 is 2.30 bits per heavy atom. The maximum absolute atomic E-state index is 3.45. The molecule has 2 aliphatic heterocycles. The van der Waals surface area contributed by atoms with Crippen LogP contribution in [-0.4, -0.2) is 26.2 Å². The summed E-state index contributed by atoms with van der Waals surface area (Å²) in [6, 6.07) is 0. The van der Waals surface area contributed by atoms with Crippen LogP contribution in [0.15, 0.2) is 11.6 Å². The van der Waals surface area contributed by atoms with Crippen LogP contribution in [0.4, 0.5) is 0 Å². The first-order valence-corrected chi connectivity index (χ1v) is 4.04. The normalized spacial score (nSPS) is 49.6. The molecule has 10 heavy (non-hydrogen) atoms. The molecule has 2 atom stereocenters. The lowest BCUT2D eigenvalue weighted by Crippen LogP contribution is -2.39. The molecule has 3 rings (SSSR count). The fourth-order valence-corrected chi connectivity index (χ4v) is 2.62.